The summed E-state index contributed by atoms with van der Waals surface area (Å²) in [6.07, 6.45) is 3.93. The maximum atomic E-state index is 5.03. The fourth-order valence-corrected chi connectivity index (χ4v) is 10.4. The molecular formula is C58H36N2S. The van der Waals surface area contributed by atoms with Crippen LogP contribution in [0.25, 0.3) is 120 Å². The highest BCUT2D eigenvalue weighted by molar-refractivity contribution is 7.26. The summed E-state index contributed by atoms with van der Waals surface area (Å²) in [7, 11) is 0. The molecule has 0 atom stereocenters. The first kappa shape index (κ1) is 35.2. The predicted octanol–water partition coefficient (Wildman–Crippen LogP) is 16.3. The minimum absolute atomic E-state index is 0.971. The zero-order valence-corrected chi connectivity index (χ0v) is 33.9. The van der Waals surface area contributed by atoms with Crippen molar-refractivity contribution in [1.82, 2.24) is 9.97 Å². The van der Waals surface area contributed by atoms with Gasteiger partial charge in [0.2, 0.25) is 0 Å². The Kier molecular flexibility index (Phi) is 8.39. The van der Waals surface area contributed by atoms with Gasteiger partial charge in [-0.05, 0) is 131 Å². The molecule has 0 N–H and O–H groups in total. The first-order valence-corrected chi connectivity index (χ1v) is 21.5. The number of hydrogen-bond donors (Lipinski definition) is 0. The lowest BCUT2D eigenvalue weighted by molar-refractivity contribution is 1.36. The molecule has 0 saturated heterocycles. The molecule has 0 spiro atoms. The van der Waals surface area contributed by atoms with E-state index in [0.29, 0.717) is 0 Å². The number of rotatable bonds is 6. The average molecular weight is 793 g/mol. The molecule has 0 fully saturated rings. The molecule has 2 nitrogen and oxygen atoms in total. The van der Waals surface area contributed by atoms with Crippen molar-refractivity contribution in [2.75, 3.05) is 0 Å². The zero-order chi connectivity index (χ0) is 40.3. The Labute approximate surface area is 357 Å². The Balaban J connectivity index is 0.855. The Morgan fingerprint density at radius 3 is 1.25 bits per heavy atom. The third kappa shape index (κ3) is 6.18. The molecule has 9 aromatic carbocycles. The summed E-state index contributed by atoms with van der Waals surface area (Å²) in [5.41, 5.74) is 14.0. The van der Waals surface area contributed by atoms with E-state index in [0.717, 1.165) is 21.7 Å². The number of fused-ring (bicyclic) bond motifs is 9. The van der Waals surface area contributed by atoms with Crippen LogP contribution in [0.3, 0.4) is 0 Å². The number of pyridine rings is 2. The van der Waals surface area contributed by atoms with Gasteiger partial charge >= 0.3 is 0 Å². The third-order valence-corrected chi connectivity index (χ3v) is 13.3. The van der Waals surface area contributed by atoms with E-state index < -0.39 is 0 Å². The molecule has 0 amide bonds. The molecule has 3 heterocycles. The van der Waals surface area contributed by atoms with Crippen molar-refractivity contribution in [2.45, 2.75) is 0 Å². The lowest BCUT2D eigenvalue weighted by atomic mass is 9.93. The SMILES string of the molecule is c1cc(-c2cccc(-c3cccc(-c4cc5c6ccccc6c6ccccc6c5cn4)c3)c2)cc(-c2cccc(-c3cccc(-c4cccc5c4sc4ncccc45)c3)c2)c1. The molecule has 0 unspecified atom stereocenters. The van der Waals surface area contributed by atoms with E-state index in [9.17, 15) is 0 Å². The Morgan fingerprint density at radius 1 is 0.279 bits per heavy atom. The van der Waals surface area contributed by atoms with Gasteiger partial charge in [-0.1, -0.05) is 158 Å². The van der Waals surface area contributed by atoms with Crippen LogP contribution in [0.5, 0.6) is 0 Å². The minimum Gasteiger partial charge on any atom is -0.256 e. The van der Waals surface area contributed by atoms with Gasteiger partial charge in [0.05, 0.1) is 5.69 Å². The van der Waals surface area contributed by atoms with Crippen LogP contribution in [0.1, 0.15) is 0 Å². The molecule has 284 valence electrons. The average Bonchev–Trinajstić information content (AvgIpc) is 3.73. The van der Waals surface area contributed by atoms with Gasteiger partial charge in [-0.3, -0.25) is 4.98 Å². The summed E-state index contributed by atoms with van der Waals surface area (Å²) in [4.78, 5) is 10.8. The number of hydrogen-bond acceptors (Lipinski definition) is 3. The van der Waals surface area contributed by atoms with Crippen LogP contribution in [-0.2, 0) is 0 Å². The van der Waals surface area contributed by atoms with E-state index in [1.54, 1.807) is 11.3 Å². The van der Waals surface area contributed by atoms with Crippen molar-refractivity contribution in [1.29, 1.82) is 0 Å². The molecule has 3 aromatic heterocycles. The van der Waals surface area contributed by atoms with Crippen LogP contribution in [0.15, 0.2) is 219 Å². The minimum atomic E-state index is 0.971. The quantitative estimate of drug-likeness (QED) is 0.157. The monoisotopic (exact) mass is 792 g/mol. The molecule has 61 heavy (non-hydrogen) atoms. The standard InChI is InChI=1S/C58H36N2S/c1-3-24-50-48(22-1)49-23-2-4-25-51(49)55-36-60-56(35-54(50)55)46-21-9-19-44(34-46)42-17-7-15-40(32-42)38-13-5-12-37(30-38)39-14-6-16-41(31-39)43-18-8-20-45(33-43)47-26-10-27-52-53-28-11-29-59-58(53)61-57(47)52/h1-36H. The van der Waals surface area contributed by atoms with Crippen molar-refractivity contribution in [3.63, 3.8) is 0 Å². The first-order chi connectivity index (χ1) is 30.2. The summed E-state index contributed by atoms with van der Waals surface area (Å²) in [6.45, 7) is 0. The van der Waals surface area contributed by atoms with Crippen LogP contribution in [0, 0.1) is 0 Å². The molecular weight excluding hydrogens is 757 g/mol. The second-order valence-corrected chi connectivity index (χ2v) is 16.7. The van der Waals surface area contributed by atoms with Crippen molar-refractivity contribution in [3.8, 4) is 66.9 Å². The predicted molar refractivity (Wildman–Crippen MR) is 260 cm³/mol. The maximum absolute atomic E-state index is 5.03. The van der Waals surface area contributed by atoms with Crippen molar-refractivity contribution in [3.05, 3.63) is 219 Å². The summed E-state index contributed by atoms with van der Waals surface area (Å²) in [5.74, 6) is 0. The van der Waals surface area contributed by atoms with Crippen molar-refractivity contribution < 1.29 is 0 Å². The maximum Gasteiger partial charge on any atom is 0.124 e. The fraction of sp³-hybridized carbons (Fsp3) is 0. The van der Waals surface area contributed by atoms with E-state index in [1.807, 2.05) is 12.3 Å². The highest BCUT2D eigenvalue weighted by Gasteiger charge is 2.14. The lowest BCUT2D eigenvalue weighted by Crippen LogP contribution is -1.89. The van der Waals surface area contributed by atoms with E-state index in [-0.39, 0.29) is 0 Å². The molecule has 0 aliphatic carbocycles. The zero-order valence-electron chi connectivity index (χ0n) is 33.1. The molecule has 12 rings (SSSR count). The van der Waals surface area contributed by atoms with Crippen LogP contribution in [0.4, 0.5) is 0 Å². The second-order valence-electron chi connectivity index (χ2n) is 15.8. The number of thiophene rings is 1. The van der Waals surface area contributed by atoms with Crippen LogP contribution in [0.2, 0.25) is 0 Å². The van der Waals surface area contributed by atoms with Gasteiger partial charge in [0.1, 0.15) is 4.83 Å². The van der Waals surface area contributed by atoms with Gasteiger partial charge in [0, 0.05) is 38.8 Å². The van der Waals surface area contributed by atoms with E-state index in [1.165, 1.54) is 97.9 Å². The number of benzene rings is 9. The van der Waals surface area contributed by atoms with Crippen molar-refractivity contribution >= 4 is 64.0 Å². The van der Waals surface area contributed by atoms with Gasteiger partial charge in [-0.25, -0.2) is 4.98 Å². The normalized spacial score (nSPS) is 11.6. The first-order valence-electron chi connectivity index (χ1n) is 20.7. The molecule has 0 radical (unpaired) electrons. The summed E-state index contributed by atoms with van der Waals surface area (Å²) in [6, 6.07) is 74.9. The Bertz CT molecular complexity index is 3640. The third-order valence-electron chi connectivity index (χ3n) is 12.2. The van der Waals surface area contributed by atoms with Crippen molar-refractivity contribution in [2.24, 2.45) is 0 Å². The smallest absolute Gasteiger partial charge is 0.124 e. The number of aromatic nitrogens is 2. The highest BCUT2D eigenvalue weighted by Crippen LogP contribution is 2.41. The molecule has 3 heteroatoms. The largest absolute Gasteiger partial charge is 0.256 e. The van der Waals surface area contributed by atoms with Gasteiger partial charge in [-0.2, -0.15) is 0 Å². The highest BCUT2D eigenvalue weighted by atomic mass is 32.1. The van der Waals surface area contributed by atoms with Crippen LogP contribution < -0.4 is 0 Å². The van der Waals surface area contributed by atoms with Gasteiger partial charge in [0.25, 0.3) is 0 Å². The Hall–Kier alpha value is -7.72. The molecule has 12 aromatic rings. The Morgan fingerprint density at radius 2 is 0.689 bits per heavy atom. The van der Waals surface area contributed by atoms with Gasteiger partial charge in [0.15, 0.2) is 0 Å². The van der Waals surface area contributed by atoms with Gasteiger partial charge in [-0.15, -0.1) is 11.3 Å². The fourth-order valence-electron chi connectivity index (χ4n) is 9.18. The van der Waals surface area contributed by atoms with E-state index >= 15 is 0 Å². The summed E-state index contributed by atoms with van der Waals surface area (Å²) in [5, 5.41) is 9.90. The topological polar surface area (TPSA) is 25.8 Å². The van der Waals surface area contributed by atoms with Crippen LogP contribution >= 0.6 is 11.3 Å². The van der Waals surface area contributed by atoms with E-state index in [2.05, 4.69) is 211 Å². The van der Waals surface area contributed by atoms with E-state index in [4.69, 9.17) is 4.98 Å². The summed E-state index contributed by atoms with van der Waals surface area (Å²) >= 11 is 1.77. The second kappa shape index (κ2) is 14.5. The number of nitrogens with zero attached hydrogens (tertiary/aromatic N) is 2. The molecule has 0 saturated carbocycles. The van der Waals surface area contributed by atoms with Crippen LogP contribution in [-0.4, -0.2) is 9.97 Å². The molecule has 0 bridgehead atoms. The van der Waals surface area contributed by atoms with Gasteiger partial charge < -0.3 is 0 Å². The molecule has 0 aliphatic rings. The molecule has 0 aliphatic heterocycles. The summed E-state index contributed by atoms with van der Waals surface area (Å²) < 4.78 is 1.28. The lowest BCUT2D eigenvalue weighted by Gasteiger charge is -2.12.